The van der Waals surface area contributed by atoms with Crippen LogP contribution in [0.15, 0.2) is 11.7 Å². The van der Waals surface area contributed by atoms with Crippen LogP contribution >= 0.6 is 0 Å². The molecule has 0 bridgehead atoms. The molecule has 1 rings (SSSR count). The van der Waals surface area contributed by atoms with Crippen molar-refractivity contribution in [3.63, 3.8) is 0 Å². The van der Waals surface area contributed by atoms with Crippen molar-refractivity contribution in [2.45, 2.75) is 0 Å². The molecule has 0 aromatic rings. The minimum absolute atomic E-state index is 1.36. The van der Waals surface area contributed by atoms with Crippen LogP contribution in [0.2, 0.25) is 0 Å². The lowest BCUT2D eigenvalue weighted by atomic mass is 9.95. The van der Waals surface area contributed by atoms with Crippen LogP contribution in [0.4, 0.5) is 0 Å². The van der Waals surface area contributed by atoms with E-state index in [-0.39, 0.29) is 0 Å². The number of nitrogens with zero attached hydrogens (tertiary/aromatic N) is 1. The Hall–Kier alpha value is -0.525. The Bertz CT molecular complexity index is 102. The fourth-order valence-corrected chi connectivity index (χ4v) is 0.631. The Morgan fingerprint density at radius 3 is 2.33 bits per heavy atom. The SMILES string of the molecule is BC1=C[N+](C)=C1. The standard InChI is InChI=1S/C4H7BN/c1-6-2-4(5)3-6/h2-3H,5H2,1H3/q+1. The molecule has 1 aliphatic heterocycles. The molecule has 0 fully saturated rings. The molecule has 0 atom stereocenters. The summed E-state index contributed by atoms with van der Waals surface area (Å²) in [7, 11) is 4.10. The second-order valence-corrected chi connectivity index (χ2v) is 1.67. The first-order valence-corrected chi connectivity index (χ1v) is 2.04. The van der Waals surface area contributed by atoms with Gasteiger partial charge in [-0.05, 0) is 0 Å². The Kier molecular flexibility index (Phi) is 0.590. The van der Waals surface area contributed by atoms with Crippen LogP contribution in [0, 0.1) is 0 Å². The third kappa shape index (κ3) is 0.381. The quantitative estimate of drug-likeness (QED) is 0.264. The molecule has 0 radical (unpaired) electrons. The molecule has 0 spiro atoms. The molecule has 2 heteroatoms. The highest BCUT2D eigenvalue weighted by molar-refractivity contribution is 6.33. The van der Waals surface area contributed by atoms with Gasteiger partial charge in [0, 0.05) is 5.47 Å². The first-order valence-electron chi connectivity index (χ1n) is 2.04. The van der Waals surface area contributed by atoms with Crippen molar-refractivity contribution in [1.29, 1.82) is 0 Å². The zero-order valence-electron chi connectivity index (χ0n) is 4.10. The van der Waals surface area contributed by atoms with Gasteiger partial charge in [-0.25, -0.2) is 4.58 Å². The maximum Gasteiger partial charge on any atom is 0.167 e. The van der Waals surface area contributed by atoms with Crippen molar-refractivity contribution in [2.75, 3.05) is 7.05 Å². The monoisotopic (exact) mass is 80.1 g/mol. The Morgan fingerprint density at radius 2 is 2.33 bits per heavy atom. The van der Waals surface area contributed by atoms with E-state index in [1.807, 2.05) is 11.6 Å². The molecule has 30 valence electrons. The summed E-state index contributed by atoms with van der Waals surface area (Å²) in [4.78, 5) is 0. The van der Waals surface area contributed by atoms with Gasteiger partial charge in [-0.1, -0.05) is 0 Å². The highest BCUT2D eigenvalue weighted by atomic mass is 15.0. The predicted molar refractivity (Wildman–Crippen MR) is 28.9 cm³/mol. The molecule has 0 saturated heterocycles. The maximum atomic E-state index is 2.08. The number of hydrogen-bond acceptors (Lipinski definition) is 0. The van der Waals surface area contributed by atoms with Gasteiger partial charge in [0.2, 0.25) is 0 Å². The van der Waals surface area contributed by atoms with Gasteiger partial charge in [0.05, 0.1) is 0 Å². The van der Waals surface area contributed by atoms with Gasteiger partial charge in [-0.2, -0.15) is 0 Å². The zero-order chi connectivity index (χ0) is 4.57. The summed E-state index contributed by atoms with van der Waals surface area (Å²) < 4.78 is 2.04. The van der Waals surface area contributed by atoms with Gasteiger partial charge in [0.25, 0.3) is 0 Å². The van der Waals surface area contributed by atoms with Crippen LogP contribution in [0.1, 0.15) is 0 Å². The number of allylic oxidation sites excluding steroid dienone is 1. The van der Waals surface area contributed by atoms with Crippen LogP contribution in [0.25, 0.3) is 0 Å². The molecule has 1 aliphatic rings. The highest BCUT2D eigenvalue weighted by Gasteiger charge is 2.03. The van der Waals surface area contributed by atoms with Gasteiger partial charge in [0.15, 0.2) is 20.3 Å². The molecule has 0 aliphatic carbocycles. The van der Waals surface area contributed by atoms with E-state index in [9.17, 15) is 0 Å². The predicted octanol–water partition coefficient (Wildman–Crippen LogP) is -0.812. The molecule has 0 unspecified atom stereocenters. The first-order chi connectivity index (χ1) is 2.79. The van der Waals surface area contributed by atoms with Crippen molar-refractivity contribution in [3.8, 4) is 0 Å². The second-order valence-electron chi connectivity index (χ2n) is 1.67. The topological polar surface area (TPSA) is 3.01 Å². The number of rotatable bonds is 0. The lowest BCUT2D eigenvalue weighted by molar-refractivity contribution is -0.427. The molecule has 6 heavy (non-hydrogen) atoms. The Balaban J connectivity index is 2.57. The van der Waals surface area contributed by atoms with Crippen molar-refractivity contribution in [1.82, 2.24) is 0 Å². The van der Waals surface area contributed by atoms with Crippen molar-refractivity contribution in [3.05, 3.63) is 11.7 Å². The molecular weight excluding hydrogens is 72.9 g/mol. The maximum absolute atomic E-state index is 2.08. The Labute approximate surface area is 38.4 Å². The first kappa shape index (κ1) is 3.66. The summed E-state index contributed by atoms with van der Waals surface area (Å²) in [6, 6.07) is 0. The van der Waals surface area contributed by atoms with Gasteiger partial charge >= 0.3 is 0 Å². The molecule has 0 saturated carbocycles. The molecule has 0 N–H and O–H groups in total. The minimum atomic E-state index is 1.36. The fraction of sp³-hybridized carbons (Fsp3) is 0.250. The lowest BCUT2D eigenvalue weighted by Crippen LogP contribution is -2.11. The van der Waals surface area contributed by atoms with Crippen LogP contribution in [0.5, 0.6) is 0 Å². The third-order valence-electron chi connectivity index (χ3n) is 0.815. The number of hydrogen-bond donors (Lipinski definition) is 0. The third-order valence-corrected chi connectivity index (χ3v) is 0.815. The molecule has 0 amide bonds. The molecule has 1 nitrogen and oxygen atoms in total. The van der Waals surface area contributed by atoms with E-state index in [1.54, 1.807) is 0 Å². The van der Waals surface area contributed by atoms with Crippen LogP contribution in [-0.4, -0.2) is 25.7 Å². The summed E-state index contributed by atoms with van der Waals surface area (Å²) in [6.07, 6.45) is 4.17. The van der Waals surface area contributed by atoms with Crippen LogP contribution < -0.4 is 0 Å². The summed E-state index contributed by atoms with van der Waals surface area (Å²) in [5.74, 6) is 0. The van der Waals surface area contributed by atoms with Crippen LogP contribution in [0.3, 0.4) is 0 Å². The van der Waals surface area contributed by atoms with E-state index in [0.717, 1.165) is 0 Å². The minimum Gasteiger partial charge on any atom is -0.208 e. The van der Waals surface area contributed by atoms with E-state index >= 15 is 0 Å². The molecule has 0 aromatic carbocycles. The van der Waals surface area contributed by atoms with E-state index in [4.69, 9.17) is 0 Å². The average Bonchev–Trinajstić information content (AvgIpc) is 1.33. The van der Waals surface area contributed by atoms with Gasteiger partial charge < -0.3 is 0 Å². The smallest absolute Gasteiger partial charge is 0.167 e. The second kappa shape index (κ2) is 0.967. The molecular formula is C4H7BN+. The van der Waals surface area contributed by atoms with Gasteiger partial charge in [-0.15, -0.1) is 0 Å². The summed E-state index contributed by atoms with van der Waals surface area (Å²) in [6.45, 7) is 0. The van der Waals surface area contributed by atoms with E-state index < -0.39 is 0 Å². The van der Waals surface area contributed by atoms with Gasteiger partial charge in [-0.3, -0.25) is 0 Å². The van der Waals surface area contributed by atoms with E-state index in [1.165, 1.54) is 5.47 Å². The highest BCUT2D eigenvalue weighted by Crippen LogP contribution is 1.90. The Morgan fingerprint density at radius 1 is 1.83 bits per heavy atom. The van der Waals surface area contributed by atoms with E-state index in [2.05, 4.69) is 20.3 Å². The normalized spacial score (nSPS) is 18.2. The fourth-order valence-electron chi connectivity index (χ4n) is 0.631. The van der Waals surface area contributed by atoms with E-state index in [0.29, 0.717) is 0 Å². The molecule has 0 aromatic heterocycles. The average molecular weight is 79.9 g/mol. The summed E-state index contributed by atoms with van der Waals surface area (Å²) >= 11 is 0. The largest absolute Gasteiger partial charge is 0.208 e. The summed E-state index contributed by atoms with van der Waals surface area (Å²) in [5, 5.41) is 0. The van der Waals surface area contributed by atoms with Gasteiger partial charge in [0.1, 0.15) is 7.05 Å². The summed E-state index contributed by atoms with van der Waals surface area (Å²) in [5.41, 5.74) is 1.36. The van der Waals surface area contributed by atoms with Crippen LogP contribution in [-0.2, 0) is 0 Å². The lowest BCUT2D eigenvalue weighted by Gasteiger charge is -1.95. The molecule has 1 heterocycles. The zero-order valence-corrected chi connectivity index (χ0v) is 4.10. The van der Waals surface area contributed by atoms with Crippen molar-refractivity contribution in [2.24, 2.45) is 0 Å². The van der Waals surface area contributed by atoms with Crippen molar-refractivity contribution >= 4 is 14.1 Å². The van der Waals surface area contributed by atoms with Crippen molar-refractivity contribution < 1.29 is 4.58 Å².